The fourth-order valence-electron chi connectivity index (χ4n) is 3.66. The molecule has 0 bridgehead atoms. The van der Waals surface area contributed by atoms with E-state index >= 15 is 0 Å². The summed E-state index contributed by atoms with van der Waals surface area (Å²) in [6.07, 6.45) is 6.45. The number of H-pyrrole nitrogens is 1. The Labute approximate surface area is 130 Å². The molecule has 3 rings (SSSR count). The van der Waals surface area contributed by atoms with E-state index in [2.05, 4.69) is 10.2 Å². The maximum atomic E-state index is 12.4. The normalized spacial score (nSPS) is 27.2. The quantitative estimate of drug-likeness (QED) is 0.866. The molecular formula is C14H22N4O3S. The number of rotatable bonds is 2. The molecule has 2 aliphatic rings. The van der Waals surface area contributed by atoms with Gasteiger partial charge in [0.25, 0.3) is 5.91 Å². The second kappa shape index (κ2) is 6.00. The number of piperidine rings is 1. The first-order valence-corrected chi connectivity index (χ1v) is 9.57. The summed E-state index contributed by atoms with van der Waals surface area (Å²) < 4.78 is 25.7. The molecule has 8 heteroatoms. The highest BCUT2D eigenvalue weighted by atomic mass is 32.2. The maximum Gasteiger partial charge on any atom is 0.271 e. The van der Waals surface area contributed by atoms with Crippen LogP contribution in [0.15, 0.2) is 12.3 Å². The first kappa shape index (κ1) is 15.5. The lowest BCUT2D eigenvalue weighted by Gasteiger charge is -2.41. The van der Waals surface area contributed by atoms with E-state index in [9.17, 15) is 13.2 Å². The minimum absolute atomic E-state index is 0.0308. The van der Waals surface area contributed by atoms with Gasteiger partial charge in [0, 0.05) is 31.9 Å². The molecule has 2 fully saturated rings. The van der Waals surface area contributed by atoms with Crippen LogP contribution < -0.4 is 0 Å². The van der Waals surface area contributed by atoms with Crippen LogP contribution in [0.5, 0.6) is 0 Å². The average Bonchev–Trinajstić information content (AvgIpc) is 2.91. The standard InChI is InChI=1S/C14H22N4O3S/c1-22(20,21)18-8-3-2-4-11-10-17(9-6-13(11)18)14(19)12-5-7-15-16-12/h5,7,11,13H,2-4,6,8-10H2,1H3,(H,15,16)/t11-,13+/m0/s1. The second-order valence-electron chi connectivity index (χ2n) is 6.21. The number of sulfonamides is 1. The minimum atomic E-state index is -3.19. The summed E-state index contributed by atoms with van der Waals surface area (Å²) in [5, 5.41) is 6.52. The number of fused-ring (bicyclic) bond motifs is 1. The number of amides is 1. The van der Waals surface area contributed by atoms with Crippen molar-refractivity contribution in [2.75, 3.05) is 25.9 Å². The van der Waals surface area contributed by atoms with Crippen LogP contribution in [-0.2, 0) is 10.0 Å². The van der Waals surface area contributed by atoms with Crippen molar-refractivity contribution in [2.24, 2.45) is 5.92 Å². The zero-order valence-electron chi connectivity index (χ0n) is 12.7. The summed E-state index contributed by atoms with van der Waals surface area (Å²) in [5.41, 5.74) is 0.493. The summed E-state index contributed by atoms with van der Waals surface area (Å²) >= 11 is 0. The van der Waals surface area contributed by atoms with Crippen molar-refractivity contribution in [2.45, 2.75) is 31.7 Å². The first-order chi connectivity index (χ1) is 10.5. The zero-order valence-corrected chi connectivity index (χ0v) is 13.6. The van der Waals surface area contributed by atoms with Crippen LogP contribution in [0.4, 0.5) is 0 Å². The maximum absolute atomic E-state index is 12.4. The van der Waals surface area contributed by atoms with E-state index in [0.29, 0.717) is 31.7 Å². The molecule has 1 aromatic rings. The van der Waals surface area contributed by atoms with Crippen LogP contribution in [0.3, 0.4) is 0 Å². The number of nitrogens with one attached hydrogen (secondary N) is 1. The van der Waals surface area contributed by atoms with E-state index in [1.54, 1.807) is 16.6 Å². The van der Waals surface area contributed by atoms with Crippen molar-refractivity contribution in [1.29, 1.82) is 0 Å². The predicted octanol–water partition coefficient (Wildman–Crippen LogP) is 0.686. The van der Waals surface area contributed by atoms with E-state index < -0.39 is 10.0 Å². The van der Waals surface area contributed by atoms with Crippen LogP contribution in [-0.4, -0.2) is 65.7 Å². The van der Waals surface area contributed by atoms with Gasteiger partial charge in [0.05, 0.1) is 6.26 Å². The Morgan fingerprint density at radius 3 is 2.82 bits per heavy atom. The molecule has 0 aliphatic carbocycles. The smallest absolute Gasteiger partial charge is 0.271 e. The van der Waals surface area contributed by atoms with Crippen LogP contribution in [0.25, 0.3) is 0 Å². The number of carbonyl (C=O) groups is 1. The molecule has 0 spiro atoms. The van der Waals surface area contributed by atoms with Gasteiger partial charge in [0.1, 0.15) is 5.69 Å². The Morgan fingerprint density at radius 1 is 1.32 bits per heavy atom. The van der Waals surface area contributed by atoms with Crippen LogP contribution in [0.2, 0.25) is 0 Å². The lowest BCUT2D eigenvalue weighted by atomic mass is 9.89. The monoisotopic (exact) mass is 326 g/mol. The lowest BCUT2D eigenvalue weighted by Crippen LogP contribution is -2.53. The number of hydrogen-bond acceptors (Lipinski definition) is 4. The van der Waals surface area contributed by atoms with Crippen molar-refractivity contribution < 1.29 is 13.2 Å². The van der Waals surface area contributed by atoms with Crippen molar-refractivity contribution in [3.8, 4) is 0 Å². The summed E-state index contributed by atoms with van der Waals surface area (Å²) in [5.74, 6) is 0.170. The number of aromatic nitrogens is 2. The molecule has 1 amide bonds. The molecule has 1 aromatic heterocycles. The molecule has 2 atom stereocenters. The highest BCUT2D eigenvalue weighted by molar-refractivity contribution is 7.88. The van der Waals surface area contributed by atoms with Gasteiger partial charge in [-0.05, 0) is 31.2 Å². The molecule has 0 radical (unpaired) electrons. The van der Waals surface area contributed by atoms with Crippen LogP contribution >= 0.6 is 0 Å². The summed E-state index contributed by atoms with van der Waals surface area (Å²) in [4.78, 5) is 14.2. The molecular weight excluding hydrogens is 304 g/mol. The third-order valence-electron chi connectivity index (χ3n) is 4.71. The largest absolute Gasteiger partial charge is 0.337 e. The summed E-state index contributed by atoms with van der Waals surface area (Å²) in [6.45, 7) is 1.81. The van der Waals surface area contributed by atoms with E-state index in [0.717, 1.165) is 19.3 Å². The molecule has 122 valence electrons. The molecule has 0 saturated carbocycles. The summed E-state index contributed by atoms with van der Waals surface area (Å²) in [7, 11) is -3.19. The van der Waals surface area contributed by atoms with Gasteiger partial charge < -0.3 is 4.90 Å². The molecule has 2 saturated heterocycles. The first-order valence-electron chi connectivity index (χ1n) is 7.72. The van der Waals surface area contributed by atoms with Gasteiger partial charge in [0.15, 0.2) is 0 Å². The molecule has 22 heavy (non-hydrogen) atoms. The molecule has 1 N–H and O–H groups in total. The number of hydrogen-bond donors (Lipinski definition) is 1. The number of nitrogens with zero attached hydrogens (tertiary/aromatic N) is 3. The van der Waals surface area contributed by atoms with E-state index in [1.807, 2.05) is 4.90 Å². The Hall–Kier alpha value is -1.41. The van der Waals surface area contributed by atoms with Gasteiger partial charge in [-0.3, -0.25) is 9.89 Å². The molecule has 0 unspecified atom stereocenters. The second-order valence-corrected chi connectivity index (χ2v) is 8.14. The Bertz CT molecular complexity index is 629. The lowest BCUT2D eigenvalue weighted by molar-refractivity contribution is 0.0570. The van der Waals surface area contributed by atoms with Crippen LogP contribution in [0, 0.1) is 5.92 Å². The number of aromatic amines is 1. The topological polar surface area (TPSA) is 86.4 Å². The van der Waals surface area contributed by atoms with Crippen molar-refractivity contribution in [3.05, 3.63) is 18.0 Å². The fourth-order valence-corrected chi connectivity index (χ4v) is 4.89. The Balaban J connectivity index is 1.76. The average molecular weight is 326 g/mol. The van der Waals surface area contributed by atoms with Gasteiger partial charge in [-0.1, -0.05) is 6.42 Å². The van der Waals surface area contributed by atoms with Gasteiger partial charge in [-0.15, -0.1) is 0 Å². The summed E-state index contributed by atoms with van der Waals surface area (Å²) in [6, 6.07) is 1.70. The molecule has 0 aromatic carbocycles. The van der Waals surface area contributed by atoms with Crippen LogP contribution in [0.1, 0.15) is 36.2 Å². The Morgan fingerprint density at radius 2 is 2.14 bits per heavy atom. The van der Waals surface area contributed by atoms with Gasteiger partial charge in [-0.2, -0.15) is 9.40 Å². The molecule has 3 heterocycles. The third-order valence-corrected chi connectivity index (χ3v) is 6.02. The number of carbonyl (C=O) groups excluding carboxylic acids is 1. The van der Waals surface area contributed by atoms with Crippen molar-refractivity contribution >= 4 is 15.9 Å². The Kier molecular flexibility index (Phi) is 4.22. The number of likely N-dealkylation sites (tertiary alicyclic amines) is 1. The predicted molar refractivity (Wildman–Crippen MR) is 81.8 cm³/mol. The van der Waals surface area contributed by atoms with E-state index in [4.69, 9.17) is 0 Å². The SMILES string of the molecule is CS(=O)(=O)N1CCCC[C@H]2CN(C(=O)c3ccn[nH]3)CC[C@H]21. The van der Waals surface area contributed by atoms with Gasteiger partial charge >= 0.3 is 0 Å². The zero-order chi connectivity index (χ0) is 15.7. The molecule has 2 aliphatic heterocycles. The fraction of sp³-hybridized carbons (Fsp3) is 0.714. The van der Waals surface area contributed by atoms with E-state index in [-0.39, 0.29) is 17.9 Å². The third kappa shape index (κ3) is 3.03. The van der Waals surface area contributed by atoms with Crippen molar-refractivity contribution in [1.82, 2.24) is 19.4 Å². The minimum Gasteiger partial charge on any atom is -0.337 e. The van der Waals surface area contributed by atoms with Gasteiger partial charge in [-0.25, -0.2) is 8.42 Å². The molecule has 7 nitrogen and oxygen atoms in total. The highest BCUT2D eigenvalue weighted by Gasteiger charge is 2.39. The highest BCUT2D eigenvalue weighted by Crippen LogP contribution is 2.31. The van der Waals surface area contributed by atoms with Gasteiger partial charge in [0.2, 0.25) is 10.0 Å². The van der Waals surface area contributed by atoms with E-state index in [1.165, 1.54) is 6.26 Å². The van der Waals surface area contributed by atoms with Crippen molar-refractivity contribution in [3.63, 3.8) is 0 Å².